The van der Waals surface area contributed by atoms with Crippen molar-refractivity contribution in [3.63, 3.8) is 0 Å². The van der Waals surface area contributed by atoms with Gasteiger partial charge in [-0.15, -0.1) is 0 Å². The van der Waals surface area contributed by atoms with Crippen LogP contribution in [0, 0.1) is 0 Å². The summed E-state index contributed by atoms with van der Waals surface area (Å²) in [5.41, 5.74) is 0. The number of hydrogen-bond acceptors (Lipinski definition) is 2. The van der Waals surface area contributed by atoms with Gasteiger partial charge in [0, 0.05) is 25.2 Å². The van der Waals surface area contributed by atoms with Crippen molar-refractivity contribution in [2.24, 2.45) is 0 Å². The van der Waals surface area contributed by atoms with Crippen LogP contribution in [0.15, 0.2) is 25.3 Å². The Hall–Kier alpha value is -1.58. The SMILES string of the molecule is C=CC(=O)N(CCCN(C(=O)C=C)C1CC1)C1CC1. The summed E-state index contributed by atoms with van der Waals surface area (Å²) >= 11 is 0. The van der Waals surface area contributed by atoms with Crippen molar-refractivity contribution < 1.29 is 9.59 Å². The van der Waals surface area contributed by atoms with Gasteiger partial charge in [0.1, 0.15) is 0 Å². The molecule has 2 amide bonds. The van der Waals surface area contributed by atoms with E-state index in [1.165, 1.54) is 12.2 Å². The molecule has 0 aromatic heterocycles. The summed E-state index contributed by atoms with van der Waals surface area (Å²) in [6.45, 7) is 8.51. The van der Waals surface area contributed by atoms with Gasteiger partial charge < -0.3 is 9.80 Å². The molecule has 2 aliphatic rings. The molecule has 0 unspecified atom stereocenters. The Labute approximate surface area is 114 Å². The van der Waals surface area contributed by atoms with Gasteiger partial charge in [0.15, 0.2) is 0 Å². The van der Waals surface area contributed by atoms with Crippen LogP contribution < -0.4 is 0 Å². The molecule has 0 atom stereocenters. The summed E-state index contributed by atoms with van der Waals surface area (Å²) < 4.78 is 0. The Morgan fingerprint density at radius 2 is 1.26 bits per heavy atom. The Bertz CT molecular complexity index is 348. The van der Waals surface area contributed by atoms with Crippen molar-refractivity contribution in [1.29, 1.82) is 0 Å². The molecule has 104 valence electrons. The van der Waals surface area contributed by atoms with E-state index in [9.17, 15) is 9.59 Å². The minimum Gasteiger partial charge on any atom is -0.336 e. The first-order chi connectivity index (χ1) is 9.17. The zero-order valence-electron chi connectivity index (χ0n) is 11.4. The van der Waals surface area contributed by atoms with Crippen molar-refractivity contribution >= 4 is 11.8 Å². The monoisotopic (exact) mass is 262 g/mol. The first-order valence-electron chi connectivity index (χ1n) is 7.03. The predicted molar refractivity (Wildman–Crippen MR) is 74.5 cm³/mol. The van der Waals surface area contributed by atoms with Crippen molar-refractivity contribution in [3.05, 3.63) is 25.3 Å². The molecule has 0 heterocycles. The molecule has 0 aromatic rings. The topological polar surface area (TPSA) is 40.6 Å². The molecule has 4 heteroatoms. The molecule has 0 bridgehead atoms. The third-order valence-corrected chi connectivity index (χ3v) is 3.69. The first kappa shape index (κ1) is 13.8. The second-order valence-corrected chi connectivity index (χ2v) is 5.29. The second kappa shape index (κ2) is 6.04. The van der Waals surface area contributed by atoms with Gasteiger partial charge in [-0.05, 0) is 44.3 Å². The molecular weight excluding hydrogens is 240 g/mol. The zero-order chi connectivity index (χ0) is 13.8. The molecule has 2 rings (SSSR count). The highest BCUT2D eigenvalue weighted by molar-refractivity contribution is 5.88. The number of nitrogens with zero attached hydrogens (tertiary/aromatic N) is 2. The first-order valence-corrected chi connectivity index (χ1v) is 7.03. The highest BCUT2D eigenvalue weighted by Gasteiger charge is 2.33. The number of carbonyl (C=O) groups excluding carboxylic acids is 2. The standard InChI is InChI=1S/C15H22N2O2/c1-3-14(18)16(12-6-7-12)10-5-11-17(13-8-9-13)15(19)4-2/h3-4,12-13H,1-2,5-11H2. The van der Waals surface area contributed by atoms with E-state index in [0.29, 0.717) is 25.2 Å². The lowest BCUT2D eigenvalue weighted by molar-refractivity contribution is -0.127. The van der Waals surface area contributed by atoms with Gasteiger partial charge in [0.2, 0.25) is 11.8 Å². The van der Waals surface area contributed by atoms with E-state index >= 15 is 0 Å². The maximum Gasteiger partial charge on any atom is 0.246 e. The Morgan fingerprint density at radius 3 is 1.53 bits per heavy atom. The average molecular weight is 262 g/mol. The van der Waals surface area contributed by atoms with Crippen LogP contribution in [0.4, 0.5) is 0 Å². The zero-order valence-corrected chi connectivity index (χ0v) is 11.4. The van der Waals surface area contributed by atoms with Gasteiger partial charge >= 0.3 is 0 Å². The van der Waals surface area contributed by atoms with Crippen LogP contribution in [-0.4, -0.2) is 46.8 Å². The van der Waals surface area contributed by atoms with E-state index in [-0.39, 0.29) is 11.8 Å². The summed E-state index contributed by atoms with van der Waals surface area (Å²) in [4.78, 5) is 27.2. The Kier molecular flexibility index (Phi) is 4.40. The minimum absolute atomic E-state index is 0.00974. The largest absolute Gasteiger partial charge is 0.336 e. The predicted octanol–water partition coefficient (Wildman–Crippen LogP) is 1.73. The molecule has 0 aromatic carbocycles. The third-order valence-electron chi connectivity index (χ3n) is 3.69. The van der Waals surface area contributed by atoms with Gasteiger partial charge in [-0.25, -0.2) is 0 Å². The lowest BCUT2D eigenvalue weighted by atomic mass is 10.3. The lowest BCUT2D eigenvalue weighted by Gasteiger charge is -2.24. The van der Waals surface area contributed by atoms with Crippen LogP contribution in [0.2, 0.25) is 0 Å². The molecular formula is C15H22N2O2. The highest BCUT2D eigenvalue weighted by Crippen LogP contribution is 2.29. The molecule has 4 nitrogen and oxygen atoms in total. The van der Waals surface area contributed by atoms with E-state index in [0.717, 1.165) is 32.1 Å². The van der Waals surface area contributed by atoms with E-state index in [1.807, 2.05) is 9.80 Å². The normalized spacial score (nSPS) is 17.7. The van der Waals surface area contributed by atoms with E-state index in [2.05, 4.69) is 13.2 Å². The van der Waals surface area contributed by atoms with Crippen LogP contribution in [0.1, 0.15) is 32.1 Å². The average Bonchev–Trinajstić information content (AvgIpc) is 3.28. The summed E-state index contributed by atoms with van der Waals surface area (Å²) in [6.07, 6.45) is 7.97. The van der Waals surface area contributed by atoms with Crippen molar-refractivity contribution in [2.45, 2.75) is 44.2 Å². The van der Waals surface area contributed by atoms with Gasteiger partial charge in [-0.1, -0.05) is 13.2 Å². The van der Waals surface area contributed by atoms with Gasteiger partial charge in [-0.2, -0.15) is 0 Å². The summed E-state index contributed by atoms with van der Waals surface area (Å²) in [5, 5.41) is 0. The molecule has 0 radical (unpaired) electrons. The quantitative estimate of drug-likeness (QED) is 0.625. The fraction of sp³-hybridized carbons (Fsp3) is 0.600. The van der Waals surface area contributed by atoms with Gasteiger partial charge in [-0.3, -0.25) is 9.59 Å². The Morgan fingerprint density at radius 1 is 0.895 bits per heavy atom. The lowest BCUT2D eigenvalue weighted by Crippen LogP contribution is -2.37. The summed E-state index contributed by atoms with van der Waals surface area (Å²) in [7, 11) is 0. The fourth-order valence-corrected chi connectivity index (χ4v) is 2.36. The smallest absolute Gasteiger partial charge is 0.246 e. The summed E-state index contributed by atoms with van der Waals surface area (Å²) in [5.74, 6) is 0.0195. The van der Waals surface area contributed by atoms with Crippen molar-refractivity contribution in [1.82, 2.24) is 9.80 Å². The third kappa shape index (κ3) is 3.69. The highest BCUT2D eigenvalue weighted by atomic mass is 16.2. The Balaban J connectivity index is 1.80. The number of carbonyl (C=O) groups is 2. The van der Waals surface area contributed by atoms with Gasteiger partial charge in [0.05, 0.1) is 0 Å². The number of amides is 2. The molecule has 19 heavy (non-hydrogen) atoms. The van der Waals surface area contributed by atoms with Crippen molar-refractivity contribution in [2.75, 3.05) is 13.1 Å². The van der Waals surface area contributed by atoms with E-state index in [1.54, 1.807) is 0 Å². The van der Waals surface area contributed by atoms with Crippen LogP contribution in [0.3, 0.4) is 0 Å². The maximum absolute atomic E-state index is 11.7. The van der Waals surface area contributed by atoms with Crippen LogP contribution >= 0.6 is 0 Å². The van der Waals surface area contributed by atoms with Crippen LogP contribution in [0.5, 0.6) is 0 Å². The molecule has 0 aliphatic heterocycles. The molecule has 0 N–H and O–H groups in total. The van der Waals surface area contributed by atoms with E-state index in [4.69, 9.17) is 0 Å². The van der Waals surface area contributed by atoms with Crippen LogP contribution in [-0.2, 0) is 9.59 Å². The molecule has 2 saturated carbocycles. The minimum atomic E-state index is 0.00974. The fourth-order valence-electron chi connectivity index (χ4n) is 2.36. The van der Waals surface area contributed by atoms with Gasteiger partial charge in [0.25, 0.3) is 0 Å². The molecule has 2 aliphatic carbocycles. The second-order valence-electron chi connectivity index (χ2n) is 5.29. The molecule has 2 fully saturated rings. The maximum atomic E-state index is 11.7. The van der Waals surface area contributed by atoms with Crippen molar-refractivity contribution in [3.8, 4) is 0 Å². The number of rotatable bonds is 8. The molecule has 0 spiro atoms. The number of hydrogen-bond donors (Lipinski definition) is 0. The summed E-state index contributed by atoms with van der Waals surface area (Å²) in [6, 6.07) is 0.796. The van der Waals surface area contributed by atoms with Crippen LogP contribution in [0.25, 0.3) is 0 Å². The molecule has 0 saturated heterocycles. The van der Waals surface area contributed by atoms with E-state index < -0.39 is 0 Å².